The van der Waals surface area contributed by atoms with Crippen molar-refractivity contribution in [1.29, 1.82) is 0 Å². The highest BCUT2D eigenvalue weighted by atomic mass is 19.1. The van der Waals surface area contributed by atoms with E-state index < -0.39 is 11.6 Å². The molecule has 4 aromatic rings. The van der Waals surface area contributed by atoms with Gasteiger partial charge < -0.3 is 19.5 Å². The van der Waals surface area contributed by atoms with Gasteiger partial charge in [-0.15, -0.1) is 0 Å². The van der Waals surface area contributed by atoms with Crippen LogP contribution in [-0.2, 0) is 9.53 Å². The summed E-state index contributed by atoms with van der Waals surface area (Å²) < 4.78 is 22.2. The molecule has 9 heteroatoms. The van der Waals surface area contributed by atoms with E-state index in [2.05, 4.69) is 20.8 Å². The van der Waals surface area contributed by atoms with E-state index in [1.165, 1.54) is 6.07 Å². The number of aryl methyl sites for hydroxylation is 1. The van der Waals surface area contributed by atoms with Gasteiger partial charge >= 0.3 is 5.97 Å². The molecule has 1 saturated heterocycles. The van der Waals surface area contributed by atoms with Crippen LogP contribution < -0.4 is 0 Å². The fourth-order valence-electron chi connectivity index (χ4n) is 6.03. The second-order valence-electron chi connectivity index (χ2n) is 10.2. The molecule has 3 aromatic heterocycles. The zero-order valence-corrected chi connectivity index (χ0v) is 20.1. The molecule has 3 N–H and O–H groups in total. The largest absolute Gasteiger partial charge is 0.479 e. The zero-order chi connectivity index (χ0) is 25.0. The van der Waals surface area contributed by atoms with Gasteiger partial charge in [-0.1, -0.05) is 0 Å². The van der Waals surface area contributed by atoms with Crippen LogP contribution in [0.15, 0.2) is 30.5 Å². The number of fused-ring (bicyclic) bond motifs is 2. The minimum atomic E-state index is -1.69. The van der Waals surface area contributed by atoms with Gasteiger partial charge in [-0.3, -0.25) is 5.10 Å². The average Bonchev–Trinajstić information content (AvgIpc) is 3.47. The van der Waals surface area contributed by atoms with Crippen molar-refractivity contribution in [3.8, 4) is 5.69 Å². The van der Waals surface area contributed by atoms with Gasteiger partial charge in [0.15, 0.2) is 11.2 Å². The Hall–Kier alpha value is -3.30. The topological polar surface area (TPSA) is 113 Å². The highest BCUT2D eigenvalue weighted by Crippen LogP contribution is 2.47. The summed E-state index contributed by atoms with van der Waals surface area (Å²) >= 11 is 0. The maximum absolute atomic E-state index is 14.3. The predicted molar refractivity (Wildman–Crippen MR) is 132 cm³/mol. The normalized spacial score (nSPS) is 23.5. The van der Waals surface area contributed by atoms with Crippen molar-refractivity contribution in [2.24, 2.45) is 0 Å². The van der Waals surface area contributed by atoms with Crippen LogP contribution in [0.1, 0.15) is 67.2 Å². The van der Waals surface area contributed by atoms with Crippen molar-refractivity contribution >= 4 is 28.0 Å². The number of nitrogens with one attached hydrogen (secondary N) is 1. The summed E-state index contributed by atoms with van der Waals surface area (Å²) in [7, 11) is 0. The third kappa shape index (κ3) is 3.69. The Balaban J connectivity index is 1.61. The highest BCUT2D eigenvalue weighted by Gasteiger charge is 2.42. The summed E-state index contributed by atoms with van der Waals surface area (Å²) in [5.41, 5.74) is 4.44. The van der Waals surface area contributed by atoms with Crippen LogP contribution in [0.25, 0.3) is 27.8 Å². The van der Waals surface area contributed by atoms with Crippen molar-refractivity contribution in [2.75, 3.05) is 13.2 Å². The molecule has 6 rings (SSSR count). The standard InChI is InChI=1S/C27H29FN4O4/c1-15-12-19(2-3-20(15)28)32-21-13-18-14-29-31-25(18)30-23(21)22(24(32)17-6-10-36-11-7-17)16-4-8-27(35,9-5-16)26(33)34/h2-3,12-14,16-17,35H,4-11H2,1H3,(H,33,34)(H,29,30,31)/t16-,27+. The molecule has 1 aromatic carbocycles. The smallest absolute Gasteiger partial charge is 0.335 e. The lowest BCUT2D eigenvalue weighted by molar-refractivity contribution is -0.162. The number of hydrogen-bond donors (Lipinski definition) is 3. The summed E-state index contributed by atoms with van der Waals surface area (Å²) in [6, 6.07) is 7.24. The van der Waals surface area contributed by atoms with Gasteiger partial charge in [-0.05, 0) is 81.2 Å². The Kier molecular flexibility index (Phi) is 5.57. The Morgan fingerprint density at radius 2 is 1.92 bits per heavy atom. The van der Waals surface area contributed by atoms with Crippen LogP contribution >= 0.6 is 0 Å². The molecule has 188 valence electrons. The van der Waals surface area contributed by atoms with Crippen LogP contribution in [0, 0.1) is 12.7 Å². The molecular weight excluding hydrogens is 463 g/mol. The quantitative estimate of drug-likeness (QED) is 0.380. The Morgan fingerprint density at radius 3 is 2.61 bits per heavy atom. The number of rotatable bonds is 4. The molecular formula is C27H29FN4O4. The molecule has 0 radical (unpaired) electrons. The van der Waals surface area contributed by atoms with Gasteiger partial charge in [0.05, 0.1) is 17.2 Å². The molecule has 8 nitrogen and oxygen atoms in total. The number of halogens is 1. The molecule has 0 atom stereocenters. The second kappa shape index (κ2) is 8.67. The maximum Gasteiger partial charge on any atom is 0.335 e. The van der Waals surface area contributed by atoms with E-state index in [9.17, 15) is 19.4 Å². The summed E-state index contributed by atoms with van der Waals surface area (Å²) in [6.07, 6.45) is 4.93. The summed E-state index contributed by atoms with van der Waals surface area (Å²) in [4.78, 5) is 16.7. The second-order valence-corrected chi connectivity index (χ2v) is 10.2. The van der Waals surface area contributed by atoms with Crippen LogP contribution in [0.4, 0.5) is 4.39 Å². The molecule has 36 heavy (non-hydrogen) atoms. The molecule has 2 fully saturated rings. The first-order chi connectivity index (χ1) is 17.4. The lowest BCUT2D eigenvalue weighted by Crippen LogP contribution is -2.41. The van der Waals surface area contributed by atoms with Gasteiger partial charge in [-0.25, -0.2) is 14.2 Å². The minimum Gasteiger partial charge on any atom is -0.479 e. The molecule has 1 aliphatic heterocycles. The predicted octanol–water partition coefficient (Wildman–Crippen LogP) is 4.72. The van der Waals surface area contributed by atoms with E-state index in [0.29, 0.717) is 37.3 Å². The Labute approximate surface area is 207 Å². The Bertz CT molecular complexity index is 1460. The molecule has 0 bridgehead atoms. The number of benzene rings is 1. The summed E-state index contributed by atoms with van der Waals surface area (Å²) in [6.45, 7) is 3.09. The number of carbonyl (C=O) groups is 1. The van der Waals surface area contributed by atoms with E-state index in [0.717, 1.165) is 46.2 Å². The fraction of sp³-hybridized carbons (Fsp3) is 0.444. The first kappa shape index (κ1) is 23.1. The molecule has 1 aliphatic carbocycles. The third-order valence-electron chi connectivity index (χ3n) is 8.05. The average molecular weight is 493 g/mol. The van der Waals surface area contributed by atoms with Crippen molar-refractivity contribution in [3.05, 3.63) is 53.1 Å². The number of hydrogen-bond acceptors (Lipinski definition) is 5. The van der Waals surface area contributed by atoms with E-state index >= 15 is 0 Å². The molecule has 4 heterocycles. The number of ether oxygens (including phenoxy) is 1. The first-order valence-electron chi connectivity index (χ1n) is 12.5. The van der Waals surface area contributed by atoms with Crippen LogP contribution in [0.5, 0.6) is 0 Å². The van der Waals surface area contributed by atoms with Crippen molar-refractivity contribution in [3.63, 3.8) is 0 Å². The van der Waals surface area contributed by atoms with Gasteiger partial charge in [0.2, 0.25) is 0 Å². The van der Waals surface area contributed by atoms with Crippen molar-refractivity contribution < 1.29 is 24.1 Å². The van der Waals surface area contributed by atoms with E-state index in [1.807, 2.05) is 6.07 Å². The first-order valence-corrected chi connectivity index (χ1v) is 12.5. The maximum atomic E-state index is 14.3. The summed E-state index contributed by atoms with van der Waals surface area (Å²) in [5.74, 6) is -1.16. The van der Waals surface area contributed by atoms with E-state index in [-0.39, 0.29) is 30.5 Å². The summed E-state index contributed by atoms with van der Waals surface area (Å²) in [5, 5.41) is 28.2. The number of H-pyrrole nitrogens is 1. The van der Waals surface area contributed by atoms with Crippen molar-refractivity contribution in [1.82, 2.24) is 19.7 Å². The molecule has 0 amide bonds. The highest BCUT2D eigenvalue weighted by molar-refractivity contribution is 5.93. The van der Waals surface area contributed by atoms with E-state index in [4.69, 9.17) is 9.72 Å². The minimum absolute atomic E-state index is 0.0423. The molecule has 2 aliphatic rings. The van der Waals surface area contributed by atoms with Crippen LogP contribution in [0.3, 0.4) is 0 Å². The lowest BCUT2D eigenvalue weighted by atomic mass is 9.74. The Morgan fingerprint density at radius 1 is 1.17 bits per heavy atom. The van der Waals surface area contributed by atoms with Gasteiger partial charge in [-0.2, -0.15) is 5.10 Å². The number of aliphatic hydroxyl groups is 1. The lowest BCUT2D eigenvalue weighted by Gasteiger charge is -2.34. The number of pyridine rings is 1. The fourth-order valence-corrected chi connectivity index (χ4v) is 6.03. The third-order valence-corrected chi connectivity index (χ3v) is 8.05. The molecule has 0 unspecified atom stereocenters. The number of carboxylic acid groups (broad SMARTS) is 1. The van der Waals surface area contributed by atoms with Crippen LogP contribution in [-0.4, -0.2) is 54.7 Å². The van der Waals surface area contributed by atoms with Gasteiger partial charge in [0, 0.05) is 41.5 Å². The molecule has 0 spiro atoms. The van der Waals surface area contributed by atoms with E-state index in [1.54, 1.807) is 19.2 Å². The number of aromatic nitrogens is 4. The number of aromatic amines is 1. The molecule has 1 saturated carbocycles. The van der Waals surface area contributed by atoms with Crippen LogP contribution in [0.2, 0.25) is 0 Å². The number of carboxylic acids is 1. The SMILES string of the molecule is Cc1cc(-n2c(C3CCOCC3)c([C@H]3CC[C@](O)(C(=O)O)CC3)c3nc4[nH]ncc4cc32)ccc1F. The monoisotopic (exact) mass is 492 g/mol. The zero-order valence-electron chi connectivity index (χ0n) is 20.1. The van der Waals surface area contributed by atoms with Crippen molar-refractivity contribution in [2.45, 2.75) is 62.9 Å². The van der Waals surface area contributed by atoms with Gasteiger partial charge in [0.1, 0.15) is 5.82 Å². The number of aliphatic carboxylic acids is 1. The van der Waals surface area contributed by atoms with Gasteiger partial charge in [0.25, 0.3) is 0 Å². The number of nitrogens with zero attached hydrogens (tertiary/aromatic N) is 3.